The standard InChI is InChI=1S/C25H29N3O3/c1-4-17-10-12-18(13-11-17)24-21-22(19-8-5-6-9-20(19)29)26-27-23(21)25(30)28(24)14-7-15-31-16(2)3/h5-6,8-13,16,24,29H,4,7,14-15H2,1-3H3,(H,26,27)/t24-/m1/s1. The second-order valence-corrected chi connectivity index (χ2v) is 8.15. The molecule has 1 aromatic heterocycles. The van der Waals surface area contributed by atoms with Gasteiger partial charge in [-0.3, -0.25) is 9.89 Å². The van der Waals surface area contributed by atoms with Gasteiger partial charge in [-0.25, -0.2) is 0 Å². The number of aromatic amines is 1. The van der Waals surface area contributed by atoms with Crippen LogP contribution in [0.4, 0.5) is 0 Å². The van der Waals surface area contributed by atoms with Crippen LogP contribution in [-0.4, -0.2) is 45.4 Å². The van der Waals surface area contributed by atoms with E-state index in [1.807, 2.05) is 30.9 Å². The highest BCUT2D eigenvalue weighted by Gasteiger charge is 2.42. The molecule has 0 aliphatic carbocycles. The van der Waals surface area contributed by atoms with E-state index in [-0.39, 0.29) is 23.8 Å². The molecule has 0 radical (unpaired) electrons. The van der Waals surface area contributed by atoms with Gasteiger partial charge in [-0.1, -0.05) is 43.3 Å². The van der Waals surface area contributed by atoms with Crippen LogP contribution in [0.5, 0.6) is 5.75 Å². The average molecular weight is 420 g/mol. The molecular weight excluding hydrogens is 390 g/mol. The minimum absolute atomic E-state index is 0.0710. The summed E-state index contributed by atoms with van der Waals surface area (Å²) in [7, 11) is 0. The van der Waals surface area contributed by atoms with Crippen molar-refractivity contribution in [2.75, 3.05) is 13.2 Å². The van der Waals surface area contributed by atoms with Gasteiger partial charge in [-0.2, -0.15) is 5.10 Å². The molecule has 2 heterocycles. The molecule has 31 heavy (non-hydrogen) atoms. The van der Waals surface area contributed by atoms with Gasteiger partial charge in [0, 0.05) is 24.3 Å². The maximum absolute atomic E-state index is 13.3. The fourth-order valence-corrected chi connectivity index (χ4v) is 4.14. The number of fused-ring (bicyclic) bond motifs is 1. The molecule has 2 aromatic carbocycles. The number of phenols is 1. The van der Waals surface area contributed by atoms with Crippen molar-refractivity contribution in [3.8, 4) is 17.0 Å². The van der Waals surface area contributed by atoms with Gasteiger partial charge in [0.2, 0.25) is 0 Å². The summed E-state index contributed by atoms with van der Waals surface area (Å²) in [6.45, 7) is 7.32. The third-order valence-corrected chi connectivity index (χ3v) is 5.72. The number of rotatable bonds is 8. The highest BCUT2D eigenvalue weighted by molar-refractivity contribution is 6.00. The SMILES string of the molecule is CCc1ccc([C@@H]2c3c(-c4ccccc4O)n[nH]c3C(=O)N2CCCOC(C)C)cc1. The molecule has 0 saturated carbocycles. The Morgan fingerprint density at radius 1 is 1.16 bits per heavy atom. The fourth-order valence-electron chi connectivity index (χ4n) is 4.14. The number of carbonyl (C=O) groups is 1. The minimum Gasteiger partial charge on any atom is -0.507 e. The molecule has 2 N–H and O–H groups in total. The van der Waals surface area contributed by atoms with Crippen LogP contribution in [0.25, 0.3) is 11.3 Å². The van der Waals surface area contributed by atoms with Gasteiger partial charge < -0.3 is 14.7 Å². The number of aryl methyl sites for hydroxylation is 1. The largest absolute Gasteiger partial charge is 0.507 e. The summed E-state index contributed by atoms with van der Waals surface area (Å²) in [6.07, 6.45) is 1.87. The van der Waals surface area contributed by atoms with Crippen LogP contribution < -0.4 is 0 Å². The predicted molar refractivity (Wildman–Crippen MR) is 120 cm³/mol. The van der Waals surface area contributed by atoms with E-state index in [4.69, 9.17) is 4.74 Å². The van der Waals surface area contributed by atoms with E-state index in [2.05, 4.69) is 41.4 Å². The summed E-state index contributed by atoms with van der Waals surface area (Å²) in [5, 5.41) is 17.8. The van der Waals surface area contributed by atoms with Crippen molar-refractivity contribution in [3.05, 3.63) is 70.9 Å². The number of hydrogen-bond donors (Lipinski definition) is 2. The van der Waals surface area contributed by atoms with Crippen molar-refractivity contribution in [2.45, 2.75) is 45.8 Å². The van der Waals surface area contributed by atoms with E-state index in [0.29, 0.717) is 30.1 Å². The molecule has 0 saturated heterocycles. The van der Waals surface area contributed by atoms with Crippen LogP contribution in [0.15, 0.2) is 48.5 Å². The van der Waals surface area contributed by atoms with Gasteiger partial charge in [0.15, 0.2) is 0 Å². The lowest BCUT2D eigenvalue weighted by molar-refractivity contribution is 0.0601. The molecule has 0 bridgehead atoms. The van der Waals surface area contributed by atoms with E-state index < -0.39 is 0 Å². The number of nitrogens with one attached hydrogen (secondary N) is 1. The number of ether oxygens (including phenoxy) is 1. The smallest absolute Gasteiger partial charge is 0.273 e. The zero-order valence-corrected chi connectivity index (χ0v) is 18.3. The van der Waals surface area contributed by atoms with Crippen LogP contribution >= 0.6 is 0 Å². The van der Waals surface area contributed by atoms with Gasteiger partial charge in [-0.15, -0.1) is 0 Å². The summed E-state index contributed by atoms with van der Waals surface area (Å²) in [5.41, 5.74) is 4.83. The molecule has 0 fully saturated rings. The molecule has 0 spiro atoms. The normalized spacial score (nSPS) is 15.7. The lowest BCUT2D eigenvalue weighted by Crippen LogP contribution is -2.31. The van der Waals surface area contributed by atoms with Crippen molar-refractivity contribution >= 4 is 5.91 Å². The van der Waals surface area contributed by atoms with Gasteiger partial charge >= 0.3 is 0 Å². The molecule has 0 unspecified atom stereocenters. The van der Waals surface area contributed by atoms with E-state index in [1.165, 1.54) is 5.56 Å². The number of aromatic hydroxyl groups is 1. The number of nitrogens with zero attached hydrogens (tertiary/aromatic N) is 2. The molecule has 1 amide bonds. The van der Waals surface area contributed by atoms with E-state index in [9.17, 15) is 9.90 Å². The average Bonchev–Trinajstić information content (AvgIpc) is 3.31. The highest BCUT2D eigenvalue weighted by Crippen LogP contribution is 2.44. The first-order valence-corrected chi connectivity index (χ1v) is 10.9. The third-order valence-electron chi connectivity index (χ3n) is 5.72. The Hall–Kier alpha value is -3.12. The van der Waals surface area contributed by atoms with Crippen LogP contribution in [0.2, 0.25) is 0 Å². The van der Waals surface area contributed by atoms with Crippen molar-refractivity contribution in [1.82, 2.24) is 15.1 Å². The van der Waals surface area contributed by atoms with E-state index in [0.717, 1.165) is 24.0 Å². The van der Waals surface area contributed by atoms with Gasteiger partial charge in [0.1, 0.15) is 17.1 Å². The van der Waals surface area contributed by atoms with Crippen molar-refractivity contribution in [1.29, 1.82) is 0 Å². The number of amides is 1. The van der Waals surface area contributed by atoms with Crippen molar-refractivity contribution in [2.24, 2.45) is 0 Å². The molecule has 1 aliphatic heterocycles. The maximum Gasteiger partial charge on any atom is 0.273 e. The molecule has 3 aromatic rings. The Morgan fingerprint density at radius 3 is 2.58 bits per heavy atom. The fraction of sp³-hybridized carbons (Fsp3) is 0.360. The summed E-state index contributed by atoms with van der Waals surface area (Å²) < 4.78 is 5.68. The predicted octanol–water partition coefficient (Wildman–Crippen LogP) is 4.71. The highest BCUT2D eigenvalue weighted by atomic mass is 16.5. The van der Waals surface area contributed by atoms with Crippen LogP contribution in [-0.2, 0) is 11.2 Å². The Kier molecular flexibility index (Phi) is 6.09. The zero-order chi connectivity index (χ0) is 22.0. The number of phenolic OH excluding ortho intramolecular Hbond substituents is 1. The monoisotopic (exact) mass is 419 g/mol. The topological polar surface area (TPSA) is 78.5 Å². The van der Waals surface area contributed by atoms with E-state index in [1.54, 1.807) is 12.1 Å². The van der Waals surface area contributed by atoms with Crippen molar-refractivity contribution in [3.63, 3.8) is 0 Å². The Balaban J connectivity index is 1.74. The second-order valence-electron chi connectivity index (χ2n) is 8.15. The first-order valence-electron chi connectivity index (χ1n) is 10.9. The molecule has 6 heteroatoms. The van der Waals surface area contributed by atoms with Gasteiger partial charge in [0.25, 0.3) is 5.91 Å². The number of H-pyrrole nitrogens is 1. The summed E-state index contributed by atoms with van der Waals surface area (Å²) in [4.78, 5) is 15.2. The summed E-state index contributed by atoms with van der Waals surface area (Å²) >= 11 is 0. The van der Waals surface area contributed by atoms with E-state index >= 15 is 0 Å². The third kappa shape index (κ3) is 4.08. The molecule has 162 valence electrons. The Bertz CT molecular complexity index is 1060. The number of benzene rings is 2. The number of para-hydroxylation sites is 1. The second kappa shape index (κ2) is 8.94. The molecule has 1 aliphatic rings. The lowest BCUT2D eigenvalue weighted by Gasteiger charge is -2.26. The first-order chi connectivity index (χ1) is 15.0. The number of carbonyl (C=O) groups excluding carboxylic acids is 1. The van der Waals surface area contributed by atoms with Crippen LogP contribution in [0.1, 0.15) is 60.4 Å². The molecule has 6 nitrogen and oxygen atoms in total. The van der Waals surface area contributed by atoms with Crippen molar-refractivity contribution < 1.29 is 14.6 Å². The van der Waals surface area contributed by atoms with Gasteiger partial charge in [0.05, 0.1) is 12.1 Å². The Morgan fingerprint density at radius 2 is 1.90 bits per heavy atom. The number of aromatic nitrogens is 2. The minimum atomic E-state index is -0.263. The zero-order valence-electron chi connectivity index (χ0n) is 18.3. The Labute approximate surface area is 182 Å². The lowest BCUT2D eigenvalue weighted by atomic mass is 9.95. The molecule has 4 rings (SSSR count). The first kappa shape index (κ1) is 21.1. The van der Waals surface area contributed by atoms with Crippen LogP contribution in [0, 0.1) is 0 Å². The van der Waals surface area contributed by atoms with Gasteiger partial charge in [-0.05, 0) is 49.9 Å². The molecule has 1 atom stereocenters. The molecular formula is C25H29N3O3. The summed E-state index contributed by atoms with van der Waals surface area (Å²) in [5.74, 6) is 0.0754. The number of hydrogen-bond acceptors (Lipinski definition) is 4. The quantitative estimate of drug-likeness (QED) is 0.519. The maximum atomic E-state index is 13.3. The van der Waals surface area contributed by atoms with Crippen LogP contribution in [0.3, 0.4) is 0 Å². The summed E-state index contributed by atoms with van der Waals surface area (Å²) in [6, 6.07) is 15.2.